The van der Waals surface area contributed by atoms with Crippen molar-refractivity contribution in [1.82, 2.24) is 0 Å². The monoisotopic (exact) mass is 314 g/mol. The van der Waals surface area contributed by atoms with Crippen LogP contribution in [0.1, 0.15) is 71.1 Å². The van der Waals surface area contributed by atoms with E-state index in [1.807, 2.05) is 10.9 Å². The molecule has 0 aliphatic rings. The predicted octanol–water partition coefficient (Wildman–Crippen LogP) is 5.48. The number of pyridine rings is 1. The topological polar surface area (TPSA) is 13.1 Å². The zero-order chi connectivity index (χ0) is 16.2. The second-order valence-electron chi connectivity index (χ2n) is 6.45. The molecule has 2 aromatic rings. The maximum absolute atomic E-state index is 5.80. The number of aromatic nitrogens is 1. The summed E-state index contributed by atoms with van der Waals surface area (Å²) in [5, 5.41) is 2.48. The molecule has 23 heavy (non-hydrogen) atoms. The van der Waals surface area contributed by atoms with Gasteiger partial charge in [0.15, 0.2) is 6.61 Å². The fourth-order valence-corrected chi connectivity index (χ4v) is 2.95. The van der Waals surface area contributed by atoms with E-state index in [0.29, 0.717) is 0 Å². The third-order valence-corrected chi connectivity index (χ3v) is 4.40. The molecule has 2 nitrogen and oxygen atoms in total. The van der Waals surface area contributed by atoms with Crippen LogP contribution in [-0.2, 0) is 0 Å². The molecule has 0 radical (unpaired) electrons. The fourth-order valence-electron chi connectivity index (χ4n) is 2.95. The lowest BCUT2D eigenvalue weighted by atomic mass is 10.1. The summed E-state index contributed by atoms with van der Waals surface area (Å²) in [6.45, 7) is 3.08. The predicted molar refractivity (Wildman–Crippen MR) is 97.4 cm³/mol. The Bertz CT molecular complexity index is 552. The maximum Gasteiger partial charge on any atom is 0.230 e. The van der Waals surface area contributed by atoms with Crippen LogP contribution in [0.15, 0.2) is 42.7 Å². The zero-order valence-corrected chi connectivity index (χ0v) is 14.7. The number of rotatable bonds is 12. The van der Waals surface area contributed by atoms with Gasteiger partial charge in [0.05, 0.1) is 5.39 Å². The Morgan fingerprint density at radius 2 is 1.35 bits per heavy atom. The zero-order valence-electron chi connectivity index (χ0n) is 14.7. The van der Waals surface area contributed by atoms with Crippen LogP contribution in [0, 0.1) is 0 Å². The van der Waals surface area contributed by atoms with Crippen molar-refractivity contribution in [3.05, 3.63) is 42.7 Å². The molecule has 0 saturated heterocycles. The van der Waals surface area contributed by atoms with Gasteiger partial charge in [-0.3, -0.25) is 4.84 Å². The van der Waals surface area contributed by atoms with Crippen molar-refractivity contribution in [2.45, 2.75) is 71.1 Å². The van der Waals surface area contributed by atoms with Gasteiger partial charge in [0, 0.05) is 10.8 Å². The van der Waals surface area contributed by atoms with Crippen LogP contribution < -0.4 is 9.57 Å². The summed E-state index contributed by atoms with van der Waals surface area (Å²) in [4.78, 5) is 5.80. The summed E-state index contributed by atoms with van der Waals surface area (Å²) >= 11 is 0. The van der Waals surface area contributed by atoms with E-state index in [-0.39, 0.29) is 0 Å². The molecule has 0 atom stereocenters. The molecule has 0 aliphatic carbocycles. The second kappa shape index (κ2) is 11.0. The molecule has 0 amide bonds. The normalized spacial score (nSPS) is 11.0. The highest BCUT2D eigenvalue weighted by Crippen LogP contribution is 2.11. The lowest BCUT2D eigenvalue weighted by Crippen LogP contribution is -2.42. The number of nitrogens with zero attached hydrogens (tertiary/aromatic N) is 1. The van der Waals surface area contributed by atoms with Gasteiger partial charge >= 0.3 is 0 Å². The molecule has 0 fully saturated rings. The molecule has 0 saturated carbocycles. The molecule has 1 heterocycles. The van der Waals surface area contributed by atoms with Crippen molar-refractivity contribution in [3.63, 3.8) is 0 Å². The summed E-state index contributed by atoms with van der Waals surface area (Å²) < 4.78 is 1.84. The van der Waals surface area contributed by atoms with Crippen molar-refractivity contribution >= 4 is 10.8 Å². The van der Waals surface area contributed by atoms with Gasteiger partial charge in [-0.15, -0.1) is 0 Å². The molecule has 2 rings (SSSR count). The average molecular weight is 314 g/mol. The van der Waals surface area contributed by atoms with Crippen molar-refractivity contribution in [2.75, 3.05) is 6.61 Å². The minimum atomic E-state index is 0.805. The van der Waals surface area contributed by atoms with E-state index >= 15 is 0 Å². The molecule has 126 valence electrons. The molecule has 0 unspecified atom stereocenters. The quantitative estimate of drug-likeness (QED) is 0.373. The van der Waals surface area contributed by atoms with E-state index in [1.54, 1.807) is 0 Å². The lowest BCUT2D eigenvalue weighted by molar-refractivity contribution is -0.890. The average Bonchev–Trinajstić information content (AvgIpc) is 2.59. The highest BCUT2D eigenvalue weighted by atomic mass is 16.7. The molecule has 1 aromatic heterocycles. The van der Waals surface area contributed by atoms with E-state index in [9.17, 15) is 0 Å². The maximum atomic E-state index is 5.80. The Hall–Kier alpha value is -1.57. The van der Waals surface area contributed by atoms with Crippen molar-refractivity contribution < 1.29 is 9.57 Å². The van der Waals surface area contributed by atoms with Crippen LogP contribution in [0.2, 0.25) is 0 Å². The van der Waals surface area contributed by atoms with Gasteiger partial charge < -0.3 is 0 Å². The van der Waals surface area contributed by atoms with Crippen LogP contribution in [-0.4, -0.2) is 6.61 Å². The van der Waals surface area contributed by atoms with Crippen molar-refractivity contribution in [1.29, 1.82) is 0 Å². The summed E-state index contributed by atoms with van der Waals surface area (Å²) in [7, 11) is 0. The molecule has 0 bridgehead atoms. The number of unbranched alkanes of at least 4 members (excludes halogenated alkanes) is 9. The number of fused-ring (bicyclic) bond motifs is 1. The Balaban J connectivity index is 1.50. The van der Waals surface area contributed by atoms with E-state index in [1.165, 1.54) is 68.6 Å². The molecular weight excluding hydrogens is 282 g/mol. The summed E-state index contributed by atoms with van der Waals surface area (Å²) in [6.07, 6.45) is 17.6. The highest BCUT2D eigenvalue weighted by Gasteiger charge is 2.03. The first-order valence-corrected chi connectivity index (χ1v) is 9.43. The summed E-state index contributed by atoms with van der Waals surface area (Å²) in [5.41, 5.74) is 0. The third-order valence-electron chi connectivity index (χ3n) is 4.40. The first kappa shape index (κ1) is 17.8. The minimum Gasteiger partial charge on any atom is -0.271 e. The Kier molecular flexibility index (Phi) is 8.53. The lowest BCUT2D eigenvalue weighted by Gasteiger charge is -2.02. The van der Waals surface area contributed by atoms with Crippen molar-refractivity contribution in [3.8, 4) is 0 Å². The van der Waals surface area contributed by atoms with Gasteiger partial charge in [0.2, 0.25) is 12.4 Å². The largest absolute Gasteiger partial charge is 0.271 e. The van der Waals surface area contributed by atoms with Crippen molar-refractivity contribution in [2.24, 2.45) is 0 Å². The summed E-state index contributed by atoms with van der Waals surface area (Å²) in [5.74, 6) is 0. The highest BCUT2D eigenvalue weighted by molar-refractivity contribution is 5.80. The van der Waals surface area contributed by atoms with Gasteiger partial charge in [0.1, 0.15) is 0 Å². The fraction of sp³-hybridized carbons (Fsp3) is 0.571. The van der Waals surface area contributed by atoms with Crippen LogP contribution in [0.25, 0.3) is 10.8 Å². The molecule has 0 N–H and O–H groups in total. The first-order valence-electron chi connectivity index (χ1n) is 9.43. The van der Waals surface area contributed by atoms with Gasteiger partial charge in [0.25, 0.3) is 0 Å². The van der Waals surface area contributed by atoms with E-state index in [4.69, 9.17) is 4.84 Å². The first-order chi connectivity index (χ1) is 11.4. The van der Waals surface area contributed by atoms with Gasteiger partial charge in [-0.25, -0.2) is 0 Å². The number of hydrogen-bond donors (Lipinski definition) is 0. The summed E-state index contributed by atoms with van der Waals surface area (Å²) in [6, 6.07) is 10.5. The standard InChI is InChI=1S/C21H32NO/c1-2-3-4-5-6-7-8-9-10-13-18-23-22-17-16-20-14-11-12-15-21(20)19-22/h11-12,14-17,19H,2-10,13,18H2,1H3/q+1. The van der Waals surface area contributed by atoms with Crippen LogP contribution in [0.5, 0.6) is 0 Å². The van der Waals surface area contributed by atoms with E-state index in [2.05, 4.69) is 43.5 Å². The second-order valence-corrected chi connectivity index (χ2v) is 6.45. The molecular formula is C21H32NO+. The van der Waals surface area contributed by atoms with E-state index < -0.39 is 0 Å². The smallest absolute Gasteiger partial charge is 0.230 e. The Morgan fingerprint density at radius 1 is 0.739 bits per heavy atom. The molecule has 0 aliphatic heterocycles. The van der Waals surface area contributed by atoms with Gasteiger partial charge in [-0.2, -0.15) is 0 Å². The number of hydrogen-bond acceptors (Lipinski definition) is 1. The van der Waals surface area contributed by atoms with Crippen LogP contribution in [0.4, 0.5) is 0 Å². The SMILES string of the molecule is CCCCCCCCCCCCO[n+]1ccc2ccccc2c1. The minimum absolute atomic E-state index is 0.805. The Morgan fingerprint density at radius 3 is 2.04 bits per heavy atom. The Labute approximate surface area is 141 Å². The van der Waals surface area contributed by atoms with Crippen LogP contribution >= 0.6 is 0 Å². The molecule has 1 aromatic carbocycles. The molecule has 0 spiro atoms. The van der Waals surface area contributed by atoms with Gasteiger partial charge in [-0.1, -0.05) is 76.5 Å². The number of benzene rings is 1. The van der Waals surface area contributed by atoms with E-state index in [0.717, 1.165) is 13.0 Å². The molecule has 2 heteroatoms. The third kappa shape index (κ3) is 7.02. The van der Waals surface area contributed by atoms with Gasteiger partial charge in [-0.05, 0) is 24.3 Å². The van der Waals surface area contributed by atoms with Crippen LogP contribution in [0.3, 0.4) is 0 Å².